The van der Waals surface area contributed by atoms with Crippen molar-refractivity contribution in [2.24, 2.45) is 0 Å². The van der Waals surface area contributed by atoms with E-state index in [-0.39, 0.29) is 0 Å². The van der Waals surface area contributed by atoms with Crippen molar-refractivity contribution in [1.82, 2.24) is 19.5 Å². The number of fused-ring (bicyclic) bond motifs is 9. The van der Waals surface area contributed by atoms with E-state index in [0.717, 1.165) is 22.4 Å². The highest BCUT2D eigenvalue weighted by molar-refractivity contribution is 7.26. The van der Waals surface area contributed by atoms with Gasteiger partial charge in [-0.2, -0.15) is 0 Å². The van der Waals surface area contributed by atoms with E-state index >= 15 is 0 Å². The first-order chi connectivity index (χ1) is 23.8. The molecule has 0 N–H and O–H groups in total. The van der Waals surface area contributed by atoms with Gasteiger partial charge in [-0.05, 0) is 47.9 Å². The van der Waals surface area contributed by atoms with Crippen molar-refractivity contribution in [3.8, 4) is 39.9 Å². The number of thiophene rings is 1. The maximum Gasteiger partial charge on any atom is 0.164 e. The van der Waals surface area contributed by atoms with Crippen LogP contribution in [0.4, 0.5) is 0 Å². The lowest BCUT2D eigenvalue weighted by Crippen LogP contribution is -2.00. The Morgan fingerprint density at radius 3 is 1.58 bits per heavy atom. The number of nitrogens with zero attached hydrogens (tertiary/aromatic N) is 4. The van der Waals surface area contributed by atoms with Crippen LogP contribution in [0.3, 0.4) is 0 Å². The van der Waals surface area contributed by atoms with Gasteiger partial charge in [-0.25, -0.2) is 15.0 Å². The first-order valence-electron chi connectivity index (χ1n) is 16.0. The Hall–Kier alpha value is -6.17. The van der Waals surface area contributed by atoms with E-state index in [1.165, 1.54) is 52.8 Å². The van der Waals surface area contributed by atoms with Crippen molar-refractivity contribution in [1.29, 1.82) is 0 Å². The lowest BCUT2D eigenvalue weighted by molar-refractivity contribution is 1.07. The average Bonchev–Trinajstić information content (AvgIpc) is 3.72. The van der Waals surface area contributed by atoms with Crippen LogP contribution in [0.1, 0.15) is 0 Å². The second kappa shape index (κ2) is 10.7. The van der Waals surface area contributed by atoms with Crippen LogP contribution in [-0.2, 0) is 0 Å². The van der Waals surface area contributed by atoms with E-state index in [2.05, 4.69) is 102 Å². The lowest BCUT2D eigenvalue weighted by Gasteiger charge is -2.12. The van der Waals surface area contributed by atoms with Crippen molar-refractivity contribution in [3.05, 3.63) is 158 Å². The highest BCUT2D eigenvalue weighted by atomic mass is 32.1. The van der Waals surface area contributed by atoms with Gasteiger partial charge in [0.15, 0.2) is 17.5 Å². The molecule has 0 aliphatic rings. The van der Waals surface area contributed by atoms with Gasteiger partial charge < -0.3 is 4.57 Å². The molecule has 0 fully saturated rings. The van der Waals surface area contributed by atoms with Crippen molar-refractivity contribution >= 4 is 64.1 Å². The molecule has 5 heteroatoms. The minimum Gasteiger partial charge on any atom is -0.309 e. The van der Waals surface area contributed by atoms with Crippen LogP contribution in [0, 0.1) is 0 Å². The normalized spacial score (nSPS) is 11.8. The van der Waals surface area contributed by atoms with Crippen molar-refractivity contribution in [3.63, 3.8) is 0 Å². The second-order valence-corrected chi connectivity index (χ2v) is 13.1. The predicted octanol–water partition coefficient (Wildman–Crippen LogP) is 11.5. The summed E-state index contributed by atoms with van der Waals surface area (Å²) in [6.07, 6.45) is 0. The Kier molecular flexibility index (Phi) is 6.01. The highest BCUT2D eigenvalue weighted by Gasteiger charge is 2.18. The number of aromatic nitrogens is 4. The molecule has 0 radical (unpaired) electrons. The van der Waals surface area contributed by atoms with Crippen LogP contribution in [0.2, 0.25) is 0 Å². The van der Waals surface area contributed by atoms with Crippen LogP contribution in [0.25, 0.3) is 92.6 Å². The van der Waals surface area contributed by atoms with Gasteiger partial charge in [0, 0.05) is 58.7 Å². The summed E-state index contributed by atoms with van der Waals surface area (Å²) in [7, 11) is 0. The summed E-state index contributed by atoms with van der Waals surface area (Å²) >= 11 is 1.86. The van der Waals surface area contributed by atoms with Crippen LogP contribution >= 0.6 is 11.3 Å². The number of benzene rings is 7. The third-order valence-corrected chi connectivity index (χ3v) is 10.4. The van der Waals surface area contributed by atoms with Gasteiger partial charge in [-0.3, -0.25) is 0 Å². The monoisotopic (exact) mass is 630 g/mol. The van der Waals surface area contributed by atoms with Gasteiger partial charge in [0.1, 0.15) is 0 Å². The highest BCUT2D eigenvalue weighted by Crippen LogP contribution is 2.43. The quantitative estimate of drug-likeness (QED) is 0.194. The largest absolute Gasteiger partial charge is 0.309 e. The van der Waals surface area contributed by atoms with Gasteiger partial charge in [0.25, 0.3) is 0 Å². The fourth-order valence-electron chi connectivity index (χ4n) is 7.05. The molecule has 0 saturated carbocycles. The number of rotatable bonds is 4. The van der Waals surface area contributed by atoms with Crippen LogP contribution in [-0.4, -0.2) is 19.5 Å². The fraction of sp³-hybridized carbons (Fsp3) is 0. The van der Waals surface area contributed by atoms with E-state index < -0.39 is 0 Å². The maximum absolute atomic E-state index is 4.95. The summed E-state index contributed by atoms with van der Waals surface area (Å²) in [6.45, 7) is 0. The summed E-state index contributed by atoms with van der Waals surface area (Å²) in [5, 5.41) is 7.67. The Morgan fingerprint density at radius 2 is 0.896 bits per heavy atom. The molecule has 7 aromatic carbocycles. The van der Waals surface area contributed by atoms with Gasteiger partial charge in [-0.1, -0.05) is 115 Å². The molecule has 10 aromatic rings. The third kappa shape index (κ3) is 4.18. The zero-order valence-electron chi connectivity index (χ0n) is 25.7. The lowest BCUT2D eigenvalue weighted by atomic mass is 10.0. The molecule has 3 aromatic heterocycles. The van der Waals surface area contributed by atoms with Crippen molar-refractivity contribution in [2.45, 2.75) is 0 Å². The summed E-state index contributed by atoms with van der Waals surface area (Å²) in [6, 6.07) is 55.5. The Morgan fingerprint density at radius 1 is 0.375 bits per heavy atom. The molecule has 48 heavy (non-hydrogen) atoms. The first-order valence-corrected chi connectivity index (χ1v) is 16.9. The van der Waals surface area contributed by atoms with Gasteiger partial charge in [0.05, 0.1) is 11.0 Å². The molecule has 3 heterocycles. The minimum atomic E-state index is 0.647. The molecule has 0 spiro atoms. The number of hydrogen-bond donors (Lipinski definition) is 0. The Balaban J connectivity index is 1.18. The topological polar surface area (TPSA) is 43.6 Å². The van der Waals surface area contributed by atoms with Crippen molar-refractivity contribution in [2.75, 3.05) is 0 Å². The smallest absolute Gasteiger partial charge is 0.164 e. The molecule has 0 unspecified atom stereocenters. The minimum absolute atomic E-state index is 0.647. The van der Waals surface area contributed by atoms with Gasteiger partial charge in [-0.15, -0.1) is 11.3 Å². The van der Waals surface area contributed by atoms with E-state index in [9.17, 15) is 0 Å². The number of para-hydroxylation sites is 1. The van der Waals surface area contributed by atoms with Crippen LogP contribution in [0.15, 0.2) is 158 Å². The summed E-state index contributed by atoms with van der Waals surface area (Å²) in [5.41, 5.74) is 6.35. The zero-order chi connectivity index (χ0) is 31.6. The molecule has 0 amide bonds. The predicted molar refractivity (Wildman–Crippen MR) is 201 cm³/mol. The van der Waals surface area contributed by atoms with Crippen LogP contribution in [0.5, 0.6) is 0 Å². The average molecular weight is 631 g/mol. The molecule has 10 rings (SSSR count). The van der Waals surface area contributed by atoms with E-state index in [1.807, 2.05) is 72.0 Å². The molecular weight excluding hydrogens is 605 g/mol. The maximum atomic E-state index is 4.95. The van der Waals surface area contributed by atoms with E-state index in [4.69, 9.17) is 15.0 Å². The first kappa shape index (κ1) is 27.0. The molecule has 0 bridgehead atoms. The summed E-state index contributed by atoms with van der Waals surface area (Å²) in [5.74, 6) is 1.96. The SMILES string of the molecule is c1ccc(-c2nc(-c3ccccc3)nc(-c3ccc(-n4c5ccccc5c5ccc6c(ccc7sc8ccccc8c76)c54)cc3)n2)cc1. The fourth-order valence-corrected chi connectivity index (χ4v) is 8.18. The molecule has 0 saturated heterocycles. The zero-order valence-corrected chi connectivity index (χ0v) is 26.5. The molecule has 0 aliphatic heterocycles. The second-order valence-electron chi connectivity index (χ2n) is 12.0. The van der Waals surface area contributed by atoms with E-state index in [0.29, 0.717) is 17.5 Å². The molecule has 0 atom stereocenters. The van der Waals surface area contributed by atoms with Crippen molar-refractivity contribution < 1.29 is 0 Å². The van der Waals surface area contributed by atoms with E-state index in [1.54, 1.807) is 0 Å². The summed E-state index contributed by atoms with van der Waals surface area (Å²) in [4.78, 5) is 14.8. The molecular formula is C43H26N4S. The molecule has 224 valence electrons. The van der Waals surface area contributed by atoms with Crippen LogP contribution < -0.4 is 0 Å². The van der Waals surface area contributed by atoms with Gasteiger partial charge >= 0.3 is 0 Å². The summed E-state index contributed by atoms with van der Waals surface area (Å²) < 4.78 is 5.05. The Bertz CT molecular complexity index is 2760. The Labute approximate surface area is 280 Å². The number of hydrogen-bond acceptors (Lipinski definition) is 4. The molecule has 0 aliphatic carbocycles. The molecule has 4 nitrogen and oxygen atoms in total. The standard InChI is InChI=1S/C43H26N4S/c1-3-11-27(12-4-1)41-44-42(28-13-5-2-6-14-28)46-43(45-41)29-19-21-30(22-20-29)47-36-17-9-7-15-31(36)33-24-23-32-34(40(33)47)25-26-38-39(32)35-16-8-10-18-37(35)48-38/h1-26H. The van der Waals surface area contributed by atoms with Gasteiger partial charge in [0.2, 0.25) is 0 Å². The third-order valence-electron chi connectivity index (χ3n) is 9.25.